The molecule has 2 fully saturated rings. The third-order valence-corrected chi connectivity index (χ3v) is 5.30. The highest BCUT2D eigenvalue weighted by Crippen LogP contribution is 2.34. The van der Waals surface area contributed by atoms with Crippen LogP contribution in [-0.2, 0) is 0 Å². The Labute approximate surface area is 113 Å². The van der Waals surface area contributed by atoms with Gasteiger partial charge in [0.1, 0.15) is 0 Å². The minimum atomic E-state index is -0.0377. The highest BCUT2D eigenvalue weighted by Gasteiger charge is 2.33. The van der Waals surface area contributed by atoms with Gasteiger partial charge in [0, 0.05) is 19.6 Å². The summed E-state index contributed by atoms with van der Waals surface area (Å²) in [5, 5.41) is 10.2. The monoisotopic (exact) mass is 253 g/mol. The molecule has 0 amide bonds. The van der Waals surface area contributed by atoms with Crippen LogP contribution in [0.5, 0.6) is 0 Å². The summed E-state index contributed by atoms with van der Waals surface area (Å²) in [7, 11) is 0. The maximum Gasteiger partial charge on any atom is 0.0580 e. The minimum absolute atomic E-state index is 0.0377. The molecule has 5 atom stereocenters. The lowest BCUT2D eigenvalue weighted by molar-refractivity contribution is 0.0288. The first kappa shape index (κ1) is 14.3. The molecule has 2 aliphatic rings. The quantitative estimate of drug-likeness (QED) is 0.832. The van der Waals surface area contributed by atoms with Gasteiger partial charge in [0.15, 0.2) is 0 Å². The normalized spacial score (nSPS) is 42.3. The van der Waals surface area contributed by atoms with Gasteiger partial charge in [0.25, 0.3) is 0 Å². The first-order valence-electron chi connectivity index (χ1n) is 8.00. The summed E-state index contributed by atoms with van der Waals surface area (Å²) in [5.41, 5.74) is 0. The molecule has 0 spiro atoms. The molecule has 5 unspecified atom stereocenters. The maximum atomic E-state index is 10.2. The van der Waals surface area contributed by atoms with E-state index in [1.165, 1.54) is 38.8 Å². The smallest absolute Gasteiger partial charge is 0.0580 e. The summed E-state index contributed by atoms with van der Waals surface area (Å²) < 4.78 is 0. The van der Waals surface area contributed by atoms with Crippen LogP contribution in [0.15, 0.2) is 0 Å². The van der Waals surface area contributed by atoms with Crippen molar-refractivity contribution in [1.82, 2.24) is 4.90 Å². The number of aliphatic hydroxyl groups excluding tert-OH is 1. The van der Waals surface area contributed by atoms with E-state index in [2.05, 4.69) is 25.7 Å². The maximum absolute atomic E-state index is 10.2. The first-order valence-corrected chi connectivity index (χ1v) is 8.00. The topological polar surface area (TPSA) is 23.5 Å². The van der Waals surface area contributed by atoms with Crippen LogP contribution in [0.2, 0.25) is 0 Å². The van der Waals surface area contributed by atoms with E-state index in [0.29, 0.717) is 5.92 Å². The summed E-state index contributed by atoms with van der Waals surface area (Å²) in [5.74, 6) is 3.07. The molecule has 2 rings (SSSR count). The van der Waals surface area contributed by atoms with Gasteiger partial charge in [-0.25, -0.2) is 0 Å². The molecular formula is C16H31NO. The van der Waals surface area contributed by atoms with Crippen LogP contribution in [-0.4, -0.2) is 35.7 Å². The van der Waals surface area contributed by atoms with Crippen molar-refractivity contribution in [1.29, 1.82) is 0 Å². The molecule has 1 saturated carbocycles. The Bertz CT molecular complexity index is 245. The summed E-state index contributed by atoms with van der Waals surface area (Å²) in [6.45, 7) is 10.6. The van der Waals surface area contributed by atoms with Crippen LogP contribution in [0.4, 0.5) is 0 Å². The van der Waals surface area contributed by atoms with Crippen molar-refractivity contribution in [2.75, 3.05) is 19.6 Å². The van der Waals surface area contributed by atoms with E-state index in [4.69, 9.17) is 0 Å². The highest BCUT2D eigenvalue weighted by atomic mass is 16.3. The van der Waals surface area contributed by atoms with Crippen molar-refractivity contribution in [3.05, 3.63) is 0 Å². The minimum Gasteiger partial charge on any atom is -0.393 e. The van der Waals surface area contributed by atoms with Crippen LogP contribution in [0, 0.1) is 23.7 Å². The zero-order valence-electron chi connectivity index (χ0n) is 12.4. The fourth-order valence-electron chi connectivity index (χ4n) is 3.94. The number of nitrogens with zero attached hydrogens (tertiary/aromatic N) is 1. The summed E-state index contributed by atoms with van der Waals surface area (Å²) >= 11 is 0. The second kappa shape index (κ2) is 6.38. The molecule has 1 heterocycles. The molecule has 0 radical (unpaired) electrons. The molecule has 106 valence electrons. The largest absolute Gasteiger partial charge is 0.393 e. The van der Waals surface area contributed by atoms with Crippen LogP contribution < -0.4 is 0 Å². The van der Waals surface area contributed by atoms with E-state index in [1.807, 2.05) is 0 Å². The summed E-state index contributed by atoms with van der Waals surface area (Å²) in [6, 6.07) is 0. The SMILES string of the molecule is CCCC1CCC(O)C(CN2CC(C)C(C)C2)C1. The Balaban J connectivity index is 1.83. The standard InChI is InChI=1S/C16H31NO/c1-4-5-14-6-7-16(18)15(8-14)11-17-9-12(2)13(3)10-17/h12-16,18H,4-11H2,1-3H3. The van der Waals surface area contributed by atoms with Gasteiger partial charge in [-0.3, -0.25) is 0 Å². The third-order valence-electron chi connectivity index (χ3n) is 5.30. The van der Waals surface area contributed by atoms with Crippen molar-refractivity contribution >= 4 is 0 Å². The van der Waals surface area contributed by atoms with Gasteiger partial charge >= 0.3 is 0 Å². The molecule has 0 aromatic heterocycles. The Hall–Kier alpha value is -0.0800. The highest BCUT2D eigenvalue weighted by molar-refractivity contribution is 4.85. The third kappa shape index (κ3) is 3.48. The second-order valence-corrected chi connectivity index (χ2v) is 6.97. The number of rotatable bonds is 4. The molecule has 0 aromatic carbocycles. The molecule has 0 aromatic rings. The molecule has 18 heavy (non-hydrogen) atoms. The number of hydrogen-bond donors (Lipinski definition) is 1. The molecule has 2 heteroatoms. The van der Waals surface area contributed by atoms with Crippen molar-refractivity contribution in [2.24, 2.45) is 23.7 Å². The molecule has 1 saturated heterocycles. The molecule has 1 aliphatic carbocycles. The predicted octanol–water partition coefficient (Wildman–Crippen LogP) is 3.15. The van der Waals surface area contributed by atoms with Gasteiger partial charge in [-0.05, 0) is 42.9 Å². The number of hydrogen-bond acceptors (Lipinski definition) is 2. The molecule has 1 N–H and O–H groups in total. The van der Waals surface area contributed by atoms with Crippen molar-refractivity contribution in [3.8, 4) is 0 Å². The lowest BCUT2D eigenvalue weighted by atomic mass is 9.77. The average molecular weight is 253 g/mol. The van der Waals surface area contributed by atoms with Crippen molar-refractivity contribution in [2.45, 2.75) is 59.0 Å². The fraction of sp³-hybridized carbons (Fsp3) is 1.00. The van der Waals surface area contributed by atoms with Gasteiger partial charge < -0.3 is 10.0 Å². The van der Waals surface area contributed by atoms with Gasteiger partial charge in [-0.15, -0.1) is 0 Å². The van der Waals surface area contributed by atoms with Gasteiger partial charge in [-0.1, -0.05) is 33.6 Å². The second-order valence-electron chi connectivity index (χ2n) is 6.97. The van der Waals surface area contributed by atoms with E-state index in [9.17, 15) is 5.11 Å². The lowest BCUT2D eigenvalue weighted by Crippen LogP contribution is -2.38. The summed E-state index contributed by atoms with van der Waals surface area (Å²) in [4.78, 5) is 2.59. The number of likely N-dealkylation sites (tertiary alicyclic amines) is 1. The molecular weight excluding hydrogens is 222 g/mol. The van der Waals surface area contributed by atoms with Crippen LogP contribution in [0.1, 0.15) is 52.9 Å². The number of aliphatic hydroxyl groups is 1. The van der Waals surface area contributed by atoms with Crippen molar-refractivity contribution in [3.63, 3.8) is 0 Å². The first-order chi connectivity index (χ1) is 8.60. The fourth-order valence-corrected chi connectivity index (χ4v) is 3.94. The Morgan fingerprint density at radius 2 is 1.78 bits per heavy atom. The van der Waals surface area contributed by atoms with Crippen LogP contribution >= 0.6 is 0 Å². The van der Waals surface area contributed by atoms with Crippen LogP contribution in [0.3, 0.4) is 0 Å². The summed E-state index contributed by atoms with van der Waals surface area (Å²) in [6.07, 6.45) is 6.16. The Morgan fingerprint density at radius 3 is 2.39 bits per heavy atom. The van der Waals surface area contributed by atoms with E-state index in [0.717, 1.165) is 30.7 Å². The molecule has 2 nitrogen and oxygen atoms in total. The van der Waals surface area contributed by atoms with Gasteiger partial charge in [-0.2, -0.15) is 0 Å². The molecule has 1 aliphatic heterocycles. The Kier molecular flexibility index (Phi) is 5.08. The molecule has 0 bridgehead atoms. The van der Waals surface area contributed by atoms with Crippen LogP contribution in [0.25, 0.3) is 0 Å². The van der Waals surface area contributed by atoms with E-state index < -0.39 is 0 Å². The zero-order valence-corrected chi connectivity index (χ0v) is 12.4. The van der Waals surface area contributed by atoms with Gasteiger partial charge in [0.05, 0.1) is 6.10 Å². The average Bonchev–Trinajstić information content (AvgIpc) is 2.63. The van der Waals surface area contributed by atoms with E-state index in [1.54, 1.807) is 0 Å². The van der Waals surface area contributed by atoms with Gasteiger partial charge in [0.2, 0.25) is 0 Å². The van der Waals surface area contributed by atoms with Crippen molar-refractivity contribution < 1.29 is 5.11 Å². The predicted molar refractivity (Wildman–Crippen MR) is 76.5 cm³/mol. The Morgan fingerprint density at radius 1 is 1.11 bits per heavy atom. The zero-order chi connectivity index (χ0) is 13.1. The van der Waals surface area contributed by atoms with E-state index >= 15 is 0 Å². The van der Waals surface area contributed by atoms with E-state index in [-0.39, 0.29) is 6.10 Å². The lowest BCUT2D eigenvalue weighted by Gasteiger charge is -2.35.